The van der Waals surface area contributed by atoms with E-state index in [1.807, 2.05) is 0 Å². The third-order valence-corrected chi connectivity index (χ3v) is 3.30. The standard InChI is InChI=1S/C10H20N2/c1-9-5-7-12-6-3-2-4-10(12)8-11-9/h9-11H,2-8H2,1H3. The molecule has 1 N–H and O–H groups in total. The van der Waals surface area contributed by atoms with Crippen LogP contribution in [-0.4, -0.2) is 36.6 Å². The van der Waals surface area contributed by atoms with Crippen molar-refractivity contribution in [1.29, 1.82) is 0 Å². The maximum atomic E-state index is 3.60. The van der Waals surface area contributed by atoms with Crippen LogP contribution in [-0.2, 0) is 0 Å². The first kappa shape index (κ1) is 8.52. The van der Waals surface area contributed by atoms with Gasteiger partial charge in [-0.25, -0.2) is 0 Å². The Hall–Kier alpha value is -0.0800. The molecule has 0 bridgehead atoms. The average Bonchev–Trinajstić information content (AvgIpc) is 2.29. The Bertz CT molecular complexity index is 131. The summed E-state index contributed by atoms with van der Waals surface area (Å²) in [4.78, 5) is 2.68. The zero-order chi connectivity index (χ0) is 8.39. The first-order chi connectivity index (χ1) is 5.86. The van der Waals surface area contributed by atoms with Crippen molar-refractivity contribution in [1.82, 2.24) is 10.2 Å². The van der Waals surface area contributed by atoms with Crippen LogP contribution in [0.4, 0.5) is 0 Å². The lowest BCUT2D eigenvalue weighted by Crippen LogP contribution is -2.43. The summed E-state index contributed by atoms with van der Waals surface area (Å²) in [7, 11) is 0. The molecule has 0 aromatic carbocycles. The van der Waals surface area contributed by atoms with Gasteiger partial charge in [0, 0.05) is 18.6 Å². The van der Waals surface area contributed by atoms with Gasteiger partial charge in [0.1, 0.15) is 0 Å². The largest absolute Gasteiger partial charge is 0.313 e. The molecule has 2 rings (SSSR count). The van der Waals surface area contributed by atoms with Crippen LogP contribution in [0.25, 0.3) is 0 Å². The molecule has 0 spiro atoms. The van der Waals surface area contributed by atoms with E-state index in [1.54, 1.807) is 0 Å². The molecular weight excluding hydrogens is 148 g/mol. The maximum Gasteiger partial charge on any atom is 0.0220 e. The summed E-state index contributed by atoms with van der Waals surface area (Å²) < 4.78 is 0. The first-order valence-electron chi connectivity index (χ1n) is 5.33. The van der Waals surface area contributed by atoms with Gasteiger partial charge in [-0.2, -0.15) is 0 Å². The van der Waals surface area contributed by atoms with E-state index in [2.05, 4.69) is 17.1 Å². The molecule has 2 aliphatic rings. The molecule has 2 nitrogen and oxygen atoms in total. The van der Waals surface area contributed by atoms with E-state index in [0.29, 0.717) is 0 Å². The van der Waals surface area contributed by atoms with Crippen LogP contribution < -0.4 is 5.32 Å². The van der Waals surface area contributed by atoms with E-state index >= 15 is 0 Å². The Morgan fingerprint density at radius 1 is 1.17 bits per heavy atom. The Kier molecular flexibility index (Phi) is 2.66. The minimum Gasteiger partial charge on any atom is -0.313 e. The van der Waals surface area contributed by atoms with Crippen molar-refractivity contribution in [2.24, 2.45) is 0 Å². The molecule has 2 aliphatic heterocycles. The van der Waals surface area contributed by atoms with Gasteiger partial charge in [0.25, 0.3) is 0 Å². The molecule has 2 heterocycles. The second kappa shape index (κ2) is 3.75. The molecule has 0 saturated carbocycles. The third kappa shape index (κ3) is 1.80. The normalized spacial score (nSPS) is 38.8. The number of nitrogens with zero attached hydrogens (tertiary/aromatic N) is 1. The summed E-state index contributed by atoms with van der Waals surface area (Å²) in [6, 6.07) is 1.58. The molecule has 2 fully saturated rings. The molecule has 0 radical (unpaired) electrons. The van der Waals surface area contributed by atoms with Crippen LogP contribution in [0, 0.1) is 0 Å². The molecule has 0 aromatic heterocycles. The molecular formula is C10H20N2. The second-order valence-electron chi connectivity index (χ2n) is 4.28. The number of piperidine rings is 1. The molecule has 0 aromatic rings. The molecule has 0 aliphatic carbocycles. The van der Waals surface area contributed by atoms with Gasteiger partial charge in [-0.05, 0) is 39.3 Å². The van der Waals surface area contributed by atoms with Gasteiger partial charge < -0.3 is 5.32 Å². The highest BCUT2D eigenvalue weighted by Gasteiger charge is 2.24. The van der Waals surface area contributed by atoms with Gasteiger partial charge in [0.2, 0.25) is 0 Å². The number of nitrogens with one attached hydrogen (secondary N) is 1. The molecule has 2 heteroatoms. The number of hydrogen-bond acceptors (Lipinski definition) is 2. The SMILES string of the molecule is CC1CCN2CCCCC2CN1. The predicted molar refractivity (Wildman–Crippen MR) is 51.3 cm³/mol. The molecule has 70 valence electrons. The number of hydrogen-bond donors (Lipinski definition) is 1. The van der Waals surface area contributed by atoms with Gasteiger partial charge in [0.05, 0.1) is 0 Å². The topological polar surface area (TPSA) is 15.3 Å². The van der Waals surface area contributed by atoms with Crippen LogP contribution in [0.2, 0.25) is 0 Å². The van der Waals surface area contributed by atoms with Crippen molar-refractivity contribution in [3.63, 3.8) is 0 Å². The van der Waals surface area contributed by atoms with Crippen LogP contribution in [0.5, 0.6) is 0 Å². The van der Waals surface area contributed by atoms with E-state index in [-0.39, 0.29) is 0 Å². The highest BCUT2D eigenvalue weighted by Crippen LogP contribution is 2.18. The fourth-order valence-corrected chi connectivity index (χ4v) is 2.38. The van der Waals surface area contributed by atoms with E-state index in [9.17, 15) is 0 Å². The summed E-state index contributed by atoms with van der Waals surface area (Å²) in [6.07, 6.45) is 5.61. The van der Waals surface area contributed by atoms with Gasteiger partial charge in [0.15, 0.2) is 0 Å². The Morgan fingerprint density at radius 3 is 3.00 bits per heavy atom. The van der Waals surface area contributed by atoms with E-state index in [1.165, 1.54) is 45.3 Å². The Labute approximate surface area is 75.3 Å². The van der Waals surface area contributed by atoms with Crippen LogP contribution >= 0.6 is 0 Å². The highest BCUT2D eigenvalue weighted by molar-refractivity contribution is 4.83. The van der Waals surface area contributed by atoms with Crippen molar-refractivity contribution in [3.05, 3.63) is 0 Å². The molecule has 2 saturated heterocycles. The first-order valence-corrected chi connectivity index (χ1v) is 5.33. The van der Waals surface area contributed by atoms with Crippen LogP contribution in [0.1, 0.15) is 32.6 Å². The number of rotatable bonds is 0. The van der Waals surface area contributed by atoms with Crippen LogP contribution in [0.3, 0.4) is 0 Å². The summed E-state index contributed by atoms with van der Waals surface area (Å²) >= 11 is 0. The zero-order valence-corrected chi connectivity index (χ0v) is 8.05. The second-order valence-corrected chi connectivity index (χ2v) is 4.28. The lowest BCUT2D eigenvalue weighted by molar-refractivity contribution is 0.160. The average molecular weight is 168 g/mol. The quantitative estimate of drug-likeness (QED) is 0.585. The fourth-order valence-electron chi connectivity index (χ4n) is 2.38. The van der Waals surface area contributed by atoms with Crippen molar-refractivity contribution in [2.45, 2.75) is 44.7 Å². The monoisotopic (exact) mass is 168 g/mol. The highest BCUT2D eigenvalue weighted by atomic mass is 15.2. The van der Waals surface area contributed by atoms with Gasteiger partial charge >= 0.3 is 0 Å². The van der Waals surface area contributed by atoms with Gasteiger partial charge in [-0.3, -0.25) is 4.90 Å². The van der Waals surface area contributed by atoms with Gasteiger partial charge in [-0.1, -0.05) is 6.42 Å². The zero-order valence-electron chi connectivity index (χ0n) is 8.05. The maximum absolute atomic E-state index is 3.60. The summed E-state index contributed by atoms with van der Waals surface area (Å²) in [5.41, 5.74) is 0. The van der Waals surface area contributed by atoms with E-state index in [4.69, 9.17) is 0 Å². The van der Waals surface area contributed by atoms with Crippen molar-refractivity contribution >= 4 is 0 Å². The molecule has 2 unspecified atom stereocenters. The van der Waals surface area contributed by atoms with E-state index < -0.39 is 0 Å². The summed E-state index contributed by atoms with van der Waals surface area (Å²) in [5, 5.41) is 3.60. The lowest BCUT2D eigenvalue weighted by atomic mass is 10.0. The molecule has 12 heavy (non-hydrogen) atoms. The van der Waals surface area contributed by atoms with Crippen LogP contribution in [0.15, 0.2) is 0 Å². The lowest BCUT2D eigenvalue weighted by Gasteiger charge is -2.33. The van der Waals surface area contributed by atoms with Gasteiger partial charge in [-0.15, -0.1) is 0 Å². The predicted octanol–water partition coefficient (Wildman–Crippen LogP) is 1.22. The Balaban J connectivity index is 1.94. The minimum absolute atomic E-state index is 0.732. The minimum atomic E-state index is 0.732. The summed E-state index contributed by atoms with van der Waals surface area (Å²) in [6.45, 7) is 6.19. The van der Waals surface area contributed by atoms with Crippen molar-refractivity contribution in [2.75, 3.05) is 19.6 Å². The third-order valence-electron chi connectivity index (χ3n) is 3.30. The smallest absolute Gasteiger partial charge is 0.0220 e. The Morgan fingerprint density at radius 2 is 2.08 bits per heavy atom. The summed E-state index contributed by atoms with van der Waals surface area (Å²) in [5.74, 6) is 0. The molecule has 0 amide bonds. The van der Waals surface area contributed by atoms with E-state index in [0.717, 1.165) is 12.1 Å². The van der Waals surface area contributed by atoms with Crippen molar-refractivity contribution < 1.29 is 0 Å². The fraction of sp³-hybridized carbons (Fsp3) is 1.00. The number of fused-ring (bicyclic) bond motifs is 1. The van der Waals surface area contributed by atoms with Crippen molar-refractivity contribution in [3.8, 4) is 0 Å². The molecule has 2 atom stereocenters.